The maximum atomic E-state index is 13.3. The average Bonchev–Trinajstić information content (AvgIpc) is 2.56. The Morgan fingerprint density at radius 3 is 1.92 bits per heavy atom. The monoisotopic (exact) mass is 322 g/mol. The summed E-state index contributed by atoms with van der Waals surface area (Å²) in [5.41, 5.74) is 3.48. The van der Waals surface area contributed by atoms with Gasteiger partial charge in [-0.15, -0.1) is 11.8 Å². The van der Waals surface area contributed by atoms with E-state index in [1.165, 1.54) is 29.8 Å². The van der Waals surface area contributed by atoms with Gasteiger partial charge in [-0.05, 0) is 54.7 Å². The summed E-state index contributed by atoms with van der Waals surface area (Å²) in [6.07, 6.45) is 6.87. The molecule has 2 heteroatoms. The molecule has 0 amide bonds. The van der Waals surface area contributed by atoms with E-state index >= 15 is 0 Å². The van der Waals surface area contributed by atoms with Gasteiger partial charge in [0.25, 0.3) is 0 Å². The molecule has 0 nitrogen and oxygen atoms in total. The van der Waals surface area contributed by atoms with E-state index in [1.807, 2.05) is 24.3 Å². The maximum absolute atomic E-state index is 13.3. The predicted molar refractivity (Wildman–Crippen MR) is 93.6 cm³/mol. The Morgan fingerprint density at radius 2 is 1.33 bits per heavy atom. The first-order chi connectivity index (χ1) is 11.7. The molecular weight excluding hydrogens is 302 g/mol. The molecule has 2 aromatic rings. The van der Waals surface area contributed by atoms with Crippen molar-refractivity contribution in [2.45, 2.75) is 38.0 Å². The van der Waals surface area contributed by atoms with Crippen molar-refractivity contribution in [2.75, 3.05) is 0 Å². The van der Waals surface area contributed by atoms with E-state index in [-0.39, 0.29) is 17.6 Å². The van der Waals surface area contributed by atoms with Gasteiger partial charge in [-0.2, -0.15) is 0 Å². The molecule has 1 aliphatic carbocycles. The lowest BCUT2D eigenvalue weighted by Gasteiger charge is -2.20. The zero-order chi connectivity index (χ0) is 16.8. The van der Waals surface area contributed by atoms with Crippen molar-refractivity contribution < 1.29 is 8.78 Å². The van der Waals surface area contributed by atoms with E-state index < -0.39 is 0 Å². The van der Waals surface area contributed by atoms with Gasteiger partial charge in [-0.3, -0.25) is 0 Å². The first kappa shape index (κ1) is 16.5. The fourth-order valence-corrected chi connectivity index (χ4v) is 3.12. The first-order valence-electron chi connectivity index (χ1n) is 8.37. The molecule has 0 aliphatic heterocycles. The van der Waals surface area contributed by atoms with E-state index in [9.17, 15) is 8.78 Å². The molecule has 0 saturated heterocycles. The van der Waals surface area contributed by atoms with E-state index in [0.29, 0.717) is 0 Å². The second-order valence-corrected chi connectivity index (χ2v) is 6.11. The van der Waals surface area contributed by atoms with Crippen LogP contribution in [0.5, 0.6) is 0 Å². The largest absolute Gasteiger partial charge is 0.207 e. The highest BCUT2D eigenvalue weighted by molar-refractivity contribution is 5.35. The van der Waals surface area contributed by atoms with Gasteiger partial charge in [-0.1, -0.05) is 35.9 Å². The van der Waals surface area contributed by atoms with Crippen LogP contribution < -0.4 is 0 Å². The van der Waals surface area contributed by atoms with Gasteiger partial charge in [0.05, 0.1) is 0 Å². The van der Waals surface area contributed by atoms with Gasteiger partial charge in [0.2, 0.25) is 0 Å². The molecule has 1 aliphatic rings. The third-order valence-electron chi connectivity index (χ3n) is 4.41. The van der Waals surface area contributed by atoms with Gasteiger partial charge < -0.3 is 0 Å². The summed E-state index contributed by atoms with van der Waals surface area (Å²) in [5.74, 6) is 5.98. The zero-order valence-electron chi connectivity index (χ0n) is 13.6. The first-order valence-corrected chi connectivity index (χ1v) is 8.37. The molecule has 0 radical (unpaired) electrons. The lowest BCUT2D eigenvalue weighted by atomic mass is 9.84. The minimum Gasteiger partial charge on any atom is -0.207 e. The van der Waals surface area contributed by atoms with Gasteiger partial charge >= 0.3 is 0 Å². The Labute approximate surface area is 142 Å². The summed E-state index contributed by atoms with van der Waals surface area (Å²) in [4.78, 5) is 0. The summed E-state index contributed by atoms with van der Waals surface area (Å²) >= 11 is 0. The van der Waals surface area contributed by atoms with E-state index in [4.69, 9.17) is 0 Å². The van der Waals surface area contributed by atoms with Gasteiger partial charge in [0.1, 0.15) is 11.6 Å². The Kier molecular flexibility index (Phi) is 5.43. The van der Waals surface area contributed by atoms with Crippen LogP contribution in [0.2, 0.25) is 0 Å². The van der Waals surface area contributed by atoms with E-state index in [1.54, 1.807) is 0 Å². The standard InChI is InChI=1S/C22H20F2/c23-20-12-8-18(9-13-20)22(19-10-14-21(24)15-11-19)16-17-6-4-2-1-3-5-7-17/h6,8-15,22H,2,4-5,7,16H2/b17-6+. The molecule has 3 rings (SSSR count). The van der Waals surface area contributed by atoms with Crippen molar-refractivity contribution >= 4 is 0 Å². The van der Waals surface area contributed by atoms with Crippen LogP contribution in [0.1, 0.15) is 49.1 Å². The molecule has 2 aromatic carbocycles. The Balaban J connectivity index is 1.89. The van der Waals surface area contributed by atoms with Crippen LogP contribution in [-0.4, -0.2) is 0 Å². The van der Waals surface area contributed by atoms with E-state index in [2.05, 4.69) is 17.9 Å². The van der Waals surface area contributed by atoms with Crippen molar-refractivity contribution in [1.29, 1.82) is 0 Å². The Hall–Kier alpha value is -2.40. The minimum atomic E-state index is -0.239. The molecule has 0 saturated carbocycles. The van der Waals surface area contributed by atoms with Gasteiger partial charge in [0, 0.05) is 18.8 Å². The van der Waals surface area contributed by atoms with Crippen LogP contribution in [0, 0.1) is 23.5 Å². The van der Waals surface area contributed by atoms with Crippen LogP contribution in [0.15, 0.2) is 60.2 Å². The molecule has 0 spiro atoms. The lowest BCUT2D eigenvalue weighted by molar-refractivity contribution is 0.624. The molecule has 0 heterocycles. The second-order valence-electron chi connectivity index (χ2n) is 6.11. The second kappa shape index (κ2) is 7.93. The number of allylic oxidation sites excluding steroid dienone is 2. The van der Waals surface area contributed by atoms with Crippen molar-refractivity contribution in [3.63, 3.8) is 0 Å². The normalized spacial score (nSPS) is 16.5. The highest BCUT2D eigenvalue weighted by Gasteiger charge is 2.16. The zero-order valence-corrected chi connectivity index (χ0v) is 13.6. The molecular formula is C22H20F2. The molecule has 122 valence electrons. The number of rotatable bonds is 4. The third-order valence-corrected chi connectivity index (χ3v) is 4.41. The lowest BCUT2D eigenvalue weighted by Crippen LogP contribution is -2.04. The fraction of sp³-hybridized carbons (Fsp3) is 0.273. The van der Waals surface area contributed by atoms with E-state index in [0.717, 1.165) is 43.2 Å². The van der Waals surface area contributed by atoms with Crippen molar-refractivity contribution in [3.8, 4) is 11.8 Å². The summed E-state index contributed by atoms with van der Waals surface area (Å²) < 4.78 is 26.6. The van der Waals surface area contributed by atoms with Crippen molar-refractivity contribution in [2.24, 2.45) is 0 Å². The number of benzene rings is 2. The average molecular weight is 322 g/mol. The molecule has 24 heavy (non-hydrogen) atoms. The topological polar surface area (TPSA) is 0 Å². The summed E-state index contributed by atoms with van der Waals surface area (Å²) in [5, 5.41) is 0. The highest BCUT2D eigenvalue weighted by atomic mass is 19.1. The molecule has 0 atom stereocenters. The predicted octanol–water partition coefficient (Wildman–Crippen LogP) is 5.99. The quantitative estimate of drug-likeness (QED) is 0.479. The number of hydrogen-bond acceptors (Lipinski definition) is 0. The van der Waals surface area contributed by atoms with Crippen molar-refractivity contribution in [1.82, 2.24) is 0 Å². The smallest absolute Gasteiger partial charge is 0.123 e. The van der Waals surface area contributed by atoms with Crippen LogP contribution in [0.4, 0.5) is 8.78 Å². The van der Waals surface area contributed by atoms with Crippen LogP contribution in [0.25, 0.3) is 0 Å². The van der Waals surface area contributed by atoms with Gasteiger partial charge in [-0.25, -0.2) is 8.78 Å². The number of halogens is 2. The minimum absolute atomic E-state index is 0.102. The molecule has 0 unspecified atom stereocenters. The Bertz CT molecular complexity index is 713. The van der Waals surface area contributed by atoms with Crippen LogP contribution in [0.3, 0.4) is 0 Å². The highest BCUT2D eigenvalue weighted by Crippen LogP contribution is 2.33. The number of hydrogen-bond donors (Lipinski definition) is 0. The summed E-state index contributed by atoms with van der Waals surface area (Å²) in [7, 11) is 0. The Morgan fingerprint density at radius 1 is 0.792 bits per heavy atom. The molecule has 0 fully saturated rings. The van der Waals surface area contributed by atoms with Crippen LogP contribution >= 0.6 is 0 Å². The molecule has 0 bridgehead atoms. The maximum Gasteiger partial charge on any atom is 0.123 e. The molecule has 0 aromatic heterocycles. The summed E-state index contributed by atoms with van der Waals surface area (Å²) in [6.45, 7) is 0. The van der Waals surface area contributed by atoms with Crippen LogP contribution in [-0.2, 0) is 0 Å². The SMILES string of the molecule is Fc1ccc(C(C/C2=C/CCC#CCC2)c2ccc(F)cc2)cc1. The van der Waals surface area contributed by atoms with Crippen molar-refractivity contribution in [3.05, 3.63) is 82.9 Å². The molecule has 0 N–H and O–H groups in total. The van der Waals surface area contributed by atoms with Gasteiger partial charge in [0.15, 0.2) is 0 Å². The third kappa shape index (κ3) is 4.32. The summed E-state index contributed by atoms with van der Waals surface area (Å²) in [6, 6.07) is 13.3. The fourth-order valence-electron chi connectivity index (χ4n) is 3.12.